The third kappa shape index (κ3) is 5.06. The van der Waals surface area contributed by atoms with Crippen molar-refractivity contribution in [1.82, 2.24) is 9.97 Å². The number of anilines is 1. The van der Waals surface area contributed by atoms with Gasteiger partial charge in [0.1, 0.15) is 4.83 Å². The lowest BCUT2D eigenvalue weighted by Gasteiger charge is -2.18. The van der Waals surface area contributed by atoms with Gasteiger partial charge in [0.25, 0.3) is 15.6 Å². The Morgan fingerprint density at radius 1 is 1.15 bits per heavy atom. The predicted octanol–water partition coefficient (Wildman–Crippen LogP) is 6.06. The van der Waals surface area contributed by atoms with Gasteiger partial charge in [-0.1, -0.05) is 25.1 Å². The van der Waals surface area contributed by atoms with Crippen LogP contribution in [0.5, 0.6) is 0 Å². The highest BCUT2D eigenvalue weighted by Gasteiger charge is 2.27. The fraction of sp³-hybridized carbons (Fsp3) is 0.367. The van der Waals surface area contributed by atoms with Gasteiger partial charge in [-0.05, 0) is 99.7 Å². The molecule has 0 aliphatic heterocycles. The van der Waals surface area contributed by atoms with E-state index in [1.54, 1.807) is 32.9 Å². The van der Waals surface area contributed by atoms with Crippen LogP contribution >= 0.6 is 11.3 Å². The van der Waals surface area contributed by atoms with Crippen LogP contribution in [0, 0.1) is 33.6 Å². The second kappa shape index (κ2) is 10.5. The van der Waals surface area contributed by atoms with Gasteiger partial charge in [0, 0.05) is 4.88 Å². The zero-order valence-corrected chi connectivity index (χ0v) is 25.1. The Morgan fingerprint density at radius 2 is 1.82 bits per heavy atom. The molecule has 210 valence electrons. The third-order valence-electron chi connectivity index (χ3n) is 7.81. The number of ether oxygens (including phenoxy) is 1. The molecule has 2 heterocycles. The first-order chi connectivity index (χ1) is 18.9. The maximum atomic E-state index is 13.5. The second-order valence-corrected chi connectivity index (χ2v) is 13.5. The second-order valence-electron chi connectivity index (χ2n) is 10.8. The van der Waals surface area contributed by atoms with Crippen molar-refractivity contribution >= 4 is 43.2 Å². The van der Waals surface area contributed by atoms with Crippen LogP contribution in [0.3, 0.4) is 0 Å². The van der Waals surface area contributed by atoms with Crippen LogP contribution < -0.4 is 10.3 Å². The molecule has 0 unspecified atom stereocenters. The molecule has 2 atom stereocenters. The monoisotopic (exact) mass is 579 g/mol. The summed E-state index contributed by atoms with van der Waals surface area (Å²) in [6.45, 7) is 11.1. The summed E-state index contributed by atoms with van der Waals surface area (Å²) in [4.78, 5) is 35.8. The molecule has 0 radical (unpaired) electrons. The van der Waals surface area contributed by atoms with E-state index < -0.39 is 22.1 Å². The number of nitrogens with zero attached hydrogens (tertiary/aromatic N) is 1. The van der Waals surface area contributed by atoms with Crippen molar-refractivity contribution in [3.05, 3.63) is 84.8 Å². The number of rotatable bonds is 6. The molecule has 0 bridgehead atoms. The summed E-state index contributed by atoms with van der Waals surface area (Å²) >= 11 is 1.53. The number of H-pyrrole nitrogens is 1. The Labute approximate surface area is 237 Å². The standard InChI is InChI=1S/C30H33N3O5S2/c1-15-11-12-22-24(13-15)39-29-25(22)28(34)31-27(32-29)20(6)38-30(35)21-9-7-8-10-23(21)33-40(36,37)26-18(4)16(2)14-17(3)19(26)5/h7-10,14-15,20,33H,11-13H2,1-6H3,(H,31,32,34)/t15-,20-/m1/s1. The number of aromatic amines is 1. The molecule has 2 N–H and O–H groups in total. The van der Waals surface area contributed by atoms with E-state index in [1.807, 2.05) is 19.9 Å². The van der Waals surface area contributed by atoms with Gasteiger partial charge in [0.15, 0.2) is 11.9 Å². The van der Waals surface area contributed by atoms with Crippen LogP contribution in [0.15, 0.2) is 40.0 Å². The Balaban J connectivity index is 1.42. The summed E-state index contributed by atoms with van der Waals surface area (Å²) in [5, 5.41) is 0.630. The van der Waals surface area contributed by atoms with Crippen molar-refractivity contribution < 1.29 is 17.9 Å². The molecule has 4 aromatic rings. The highest BCUT2D eigenvalue weighted by molar-refractivity contribution is 7.92. The molecule has 40 heavy (non-hydrogen) atoms. The average Bonchev–Trinajstić information content (AvgIpc) is 3.25. The van der Waals surface area contributed by atoms with Gasteiger partial charge < -0.3 is 9.72 Å². The zero-order chi connectivity index (χ0) is 28.9. The number of esters is 1. The van der Waals surface area contributed by atoms with Crippen molar-refractivity contribution in [3.63, 3.8) is 0 Å². The SMILES string of the molecule is Cc1cc(C)c(C)c(S(=O)(=O)Nc2ccccc2C(=O)O[C@H](C)c2nc3sc4c(c3c(=O)[nH]2)CC[C@@H](C)C4)c1C. The Hall–Kier alpha value is -3.50. The number of hydrogen-bond donors (Lipinski definition) is 2. The maximum absolute atomic E-state index is 13.5. The van der Waals surface area contributed by atoms with E-state index in [-0.39, 0.29) is 27.5 Å². The first-order valence-electron chi connectivity index (χ1n) is 13.3. The quantitative estimate of drug-likeness (QED) is 0.268. The number of fused-ring (bicyclic) bond motifs is 3. The largest absolute Gasteiger partial charge is 0.451 e. The molecule has 0 spiro atoms. The van der Waals surface area contributed by atoms with Gasteiger partial charge in [-0.2, -0.15) is 0 Å². The van der Waals surface area contributed by atoms with E-state index in [1.165, 1.54) is 28.3 Å². The predicted molar refractivity (Wildman–Crippen MR) is 158 cm³/mol. The molecule has 8 nitrogen and oxygen atoms in total. The summed E-state index contributed by atoms with van der Waals surface area (Å²) in [6.07, 6.45) is 1.97. The molecule has 10 heteroatoms. The van der Waals surface area contributed by atoms with E-state index in [9.17, 15) is 18.0 Å². The van der Waals surface area contributed by atoms with Gasteiger partial charge in [-0.15, -0.1) is 11.3 Å². The van der Waals surface area contributed by atoms with E-state index >= 15 is 0 Å². The molecule has 5 rings (SSSR count). The van der Waals surface area contributed by atoms with Crippen molar-refractivity contribution in [2.24, 2.45) is 5.92 Å². The highest BCUT2D eigenvalue weighted by Crippen LogP contribution is 2.36. The number of aromatic nitrogens is 2. The summed E-state index contributed by atoms with van der Waals surface area (Å²) in [6, 6.07) is 8.26. The number of benzene rings is 2. The number of hydrogen-bond acceptors (Lipinski definition) is 7. The fourth-order valence-corrected chi connectivity index (χ4v) is 8.46. The van der Waals surface area contributed by atoms with Crippen LogP contribution in [0.4, 0.5) is 5.69 Å². The number of thiophene rings is 1. The van der Waals surface area contributed by atoms with Crippen LogP contribution in [0.1, 0.15) is 75.2 Å². The van der Waals surface area contributed by atoms with Gasteiger partial charge in [-0.25, -0.2) is 18.2 Å². The fourth-order valence-electron chi connectivity index (χ4n) is 5.37. The molecule has 0 fully saturated rings. The van der Waals surface area contributed by atoms with Crippen LogP contribution in [-0.2, 0) is 27.6 Å². The van der Waals surface area contributed by atoms with Gasteiger partial charge in [0.2, 0.25) is 0 Å². The molecule has 0 saturated heterocycles. The zero-order valence-electron chi connectivity index (χ0n) is 23.5. The van der Waals surface area contributed by atoms with Crippen LogP contribution in [0.2, 0.25) is 0 Å². The molecule has 1 aliphatic carbocycles. The first kappa shape index (κ1) is 28.0. The minimum atomic E-state index is -4.01. The Bertz CT molecular complexity index is 1800. The number of carbonyl (C=O) groups excluding carboxylic acids is 1. The normalized spacial score (nSPS) is 16.0. The lowest BCUT2D eigenvalue weighted by Crippen LogP contribution is -2.21. The number of sulfonamides is 1. The van der Waals surface area contributed by atoms with E-state index in [2.05, 4.69) is 21.6 Å². The molecule has 2 aromatic heterocycles. The Kier molecular flexibility index (Phi) is 7.35. The molecule has 1 aliphatic rings. The average molecular weight is 580 g/mol. The Morgan fingerprint density at radius 3 is 2.52 bits per heavy atom. The summed E-state index contributed by atoms with van der Waals surface area (Å²) in [5.74, 6) is 0.0815. The lowest BCUT2D eigenvalue weighted by molar-refractivity contribution is 0.0321. The topological polar surface area (TPSA) is 118 Å². The van der Waals surface area contributed by atoms with Gasteiger partial charge >= 0.3 is 5.97 Å². The molecular formula is C30H33N3O5S2. The number of nitrogens with one attached hydrogen (secondary N) is 2. The first-order valence-corrected chi connectivity index (χ1v) is 15.6. The lowest BCUT2D eigenvalue weighted by atomic mass is 9.89. The van der Waals surface area contributed by atoms with E-state index in [0.717, 1.165) is 36.0 Å². The number of para-hydroxylation sites is 1. The van der Waals surface area contributed by atoms with Crippen molar-refractivity contribution in [2.75, 3.05) is 4.72 Å². The van der Waals surface area contributed by atoms with Crippen molar-refractivity contribution in [3.8, 4) is 0 Å². The van der Waals surface area contributed by atoms with Gasteiger partial charge in [-0.3, -0.25) is 9.52 Å². The minimum absolute atomic E-state index is 0.0570. The van der Waals surface area contributed by atoms with E-state index in [0.29, 0.717) is 27.3 Å². The molecule has 2 aromatic carbocycles. The molecular weight excluding hydrogens is 546 g/mol. The number of carbonyl (C=O) groups is 1. The smallest absolute Gasteiger partial charge is 0.340 e. The van der Waals surface area contributed by atoms with Crippen molar-refractivity contribution in [2.45, 2.75) is 71.8 Å². The summed E-state index contributed by atoms with van der Waals surface area (Å²) in [5.41, 5.74) is 4.05. The molecule has 0 amide bonds. The summed E-state index contributed by atoms with van der Waals surface area (Å²) < 4.78 is 35.3. The van der Waals surface area contributed by atoms with Gasteiger partial charge in [0.05, 0.1) is 21.5 Å². The number of aryl methyl sites for hydroxylation is 3. The third-order valence-corrected chi connectivity index (χ3v) is 10.6. The van der Waals surface area contributed by atoms with Crippen LogP contribution in [-0.4, -0.2) is 24.4 Å². The van der Waals surface area contributed by atoms with E-state index in [4.69, 9.17) is 4.74 Å². The van der Waals surface area contributed by atoms with Crippen molar-refractivity contribution in [1.29, 1.82) is 0 Å². The minimum Gasteiger partial charge on any atom is -0.451 e. The highest BCUT2D eigenvalue weighted by atomic mass is 32.2. The summed E-state index contributed by atoms with van der Waals surface area (Å²) in [7, 11) is -4.01. The molecule has 0 saturated carbocycles. The maximum Gasteiger partial charge on any atom is 0.340 e. The van der Waals surface area contributed by atoms with Crippen LogP contribution in [0.25, 0.3) is 10.2 Å².